The summed E-state index contributed by atoms with van der Waals surface area (Å²) in [5.74, 6) is -1.86. The molecule has 1 N–H and O–H groups in total. The number of halogens is 2. The second-order valence-electron chi connectivity index (χ2n) is 4.69. The predicted molar refractivity (Wildman–Crippen MR) is 79.4 cm³/mol. The van der Waals surface area contributed by atoms with Gasteiger partial charge in [0.15, 0.2) is 0 Å². The molecule has 0 spiro atoms. The van der Waals surface area contributed by atoms with Crippen molar-refractivity contribution in [2.45, 2.75) is 19.3 Å². The smallest absolute Gasteiger partial charge is 0.311 e. The van der Waals surface area contributed by atoms with E-state index in [1.807, 2.05) is 31.2 Å². The molecule has 4 heteroatoms. The molecule has 20 heavy (non-hydrogen) atoms. The van der Waals surface area contributed by atoms with Gasteiger partial charge in [-0.05, 0) is 42.2 Å². The Morgan fingerprint density at radius 1 is 1.30 bits per heavy atom. The average Bonchev–Trinajstić information content (AvgIpc) is 2.39. The Labute approximate surface area is 125 Å². The van der Waals surface area contributed by atoms with E-state index < -0.39 is 11.9 Å². The number of rotatable bonds is 4. The first kappa shape index (κ1) is 14.7. The lowest BCUT2D eigenvalue weighted by molar-refractivity contribution is -0.138. The van der Waals surface area contributed by atoms with Crippen LogP contribution in [0.5, 0.6) is 0 Å². The number of hydrogen-bond donors (Lipinski definition) is 1. The molecule has 0 saturated heterocycles. The molecule has 1 atom stereocenters. The van der Waals surface area contributed by atoms with Crippen molar-refractivity contribution >= 4 is 21.9 Å². The van der Waals surface area contributed by atoms with Crippen LogP contribution in [-0.2, 0) is 11.2 Å². The van der Waals surface area contributed by atoms with Crippen molar-refractivity contribution in [3.05, 3.63) is 69.4 Å². The third kappa shape index (κ3) is 3.25. The van der Waals surface area contributed by atoms with Crippen molar-refractivity contribution in [1.82, 2.24) is 0 Å². The van der Waals surface area contributed by atoms with Gasteiger partial charge in [0.05, 0.1) is 5.92 Å². The number of aliphatic carboxylic acids is 1. The molecular formula is C16H14BrFO2. The van der Waals surface area contributed by atoms with Gasteiger partial charge in [-0.2, -0.15) is 0 Å². The summed E-state index contributed by atoms with van der Waals surface area (Å²) < 4.78 is 13.7. The minimum absolute atomic E-state index is 0.320. The maximum Gasteiger partial charge on any atom is 0.311 e. The van der Waals surface area contributed by atoms with E-state index in [1.165, 1.54) is 12.1 Å². The average molecular weight is 337 g/mol. The van der Waals surface area contributed by atoms with Crippen LogP contribution in [0.25, 0.3) is 0 Å². The maximum absolute atomic E-state index is 13.1. The fourth-order valence-corrected chi connectivity index (χ4v) is 2.73. The van der Waals surface area contributed by atoms with E-state index in [1.54, 1.807) is 6.07 Å². The highest BCUT2D eigenvalue weighted by atomic mass is 79.9. The highest BCUT2D eigenvalue weighted by Gasteiger charge is 2.22. The molecule has 0 saturated carbocycles. The van der Waals surface area contributed by atoms with Gasteiger partial charge in [0.1, 0.15) is 5.82 Å². The Morgan fingerprint density at radius 2 is 2.00 bits per heavy atom. The Hall–Kier alpha value is -1.68. The topological polar surface area (TPSA) is 37.3 Å². The van der Waals surface area contributed by atoms with E-state index in [-0.39, 0.29) is 5.82 Å². The lowest BCUT2D eigenvalue weighted by Crippen LogP contribution is -2.16. The van der Waals surface area contributed by atoms with Crippen LogP contribution < -0.4 is 0 Å². The Balaban J connectivity index is 2.36. The molecule has 2 rings (SSSR count). The van der Waals surface area contributed by atoms with Crippen molar-refractivity contribution in [1.29, 1.82) is 0 Å². The molecule has 2 nitrogen and oxygen atoms in total. The normalized spacial score (nSPS) is 12.2. The molecule has 0 amide bonds. The van der Waals surface area contributed by atoms with Crippen LogP contribution in [0.4, 0.5) is 4.39 Å². The fraction of sp³-hybridized carbons (Fsp3) is 0.188. The number of aryl methyl sites for hydroxylation is 1. The highest BCUT2D eigenvalue weighted by Crippen LogP contribution is 2.28. The minimum atomic E-state index is -0.879. The first-order valence-corrected chi connectivity index (χ1v) is 7.00. The highest BCUT2D eigenvalue weighted by molar-refractivity contribution is 9.10. The maximum atomic E-state index is 13.1. The molecule has 0 bridgehead atoms. The summed E-state index contributed by atoms with van der Waals surface area (Å²) in [5.41, 5.74) is 2.51. The predicted octanol–water partition coefficient (Wildman–Crippen LogP) is 4.31. The van der Waals surface area contributed by atoms with Crippen molar-refractivity contribution in [3.63, 3.8) is 0 Å². The van der Waals surface area contributed by atoms with Crippen molar-refractivity contribution in [2.24, 2.45) is 0 Å². The lowest BCUT2D eigenvalue weighted by atomic mass is 9.89. The molecular weight excluding hydrogens is 323 g/mol. The Morgan fingerprint density at radius 3 is 2.60 bits per heavy atom. The number of benzene rings is 2. The van der Waals surface area contributed by atoms with E-state index in [4.69, 9.17) is 0 Å². The molecule has 0 heterocycles. The van der Waals surface area contributed by atoms with E-state index in [0.717, 1.165) is 16.7 Å². The molecule has 0 fully saturated rings. The van der Waals surface area contributed by atoms with Crippen molar-refractivity contribution < 1.29 is 14.3 Å². The summed E-state index contributed by atoms with van der Waals surface area (Å²) in [7, 11) is 0. The minimum Gasteiger partial charge on any atom is -0.481 e. The van der Waals surface area contributed by atoms with Crippen LogP contribution >= 0.6 is 15.9 Å². The first-order valence-electron chi connectivity index (χ1n) is 6.21. The van der Waals surface area contributed by atoms with Crippen molar-refractivity contribution in [3.8, 4) is 0 Å². The largest absolute Gasteiger partial charge is 0.481 e. The standard InChI is InChI=1S/C16H14BrFO2/c1-10-4-2-3-5-13(10)14(16(19)20)8-11-6-7-12(18)9-15(11)17/h2-7,9,14H,8H2,1H3,(H,19,20). The molecule has 1 unspecified atom stereocenters. The quantitative estimate of drug-likeness (QED) is 0.903. The van der Waals surface area contributed by atoms with Gasteiger partial charge in [-0.1, -0.05) is 46.3 Å². The van der Waals surface area contributed by atoms with Crippen molar-refractivity contribution in [2.75, 3.05) is 0 Å². The van der Waals surface area contributed by atoms with Crippen LogP contribution in [0.3, 0.4) is 0 Å². The summed E-state index contributed by atoms with van der Waals surface area (Å²) in [4.78, 5) is 11.5. The fourth-order valence-electron chi connectivity index (χ4n) is 2.22. The Kier molecular flexibility index (Phi) is 4.55. The molecule has 0 aliphatic rings. The molecule has 0 aromatic heterocycles. The second kappa shape index (κ2) is 6.18. The van der Waals surface area contributed by atoms with Crippen LogP contribution in [-0.4, -0.2) is 11.1 Å². The molecule has 0 aliphatic carbocycles. The van der Waals surface area contributed by atoms with Gasteiger partial charge in [0.25, 0.3) is 0 Å². The molecule has 2 aromatic carbocycles. The van der Waals surface area contributed by atoms with Crippen LogP contribution in [0.15, 0.2) is 46.9 Å². The van der Waals surface area contributed by atoms with E-state index in [9.17, 15) is 14.3 Å². The summed E-state index contributed by atoms with van der Waals surface area (Å²) >= 11 is 3.28. The third-order valence-corrected chi connectivity index (χ3v) is 4.04. The molecule has 0 aliphatic heterocycles. The van der Waals surface area contributed by atoms with Gasteiger partial charge in [-0.3, -0.25) is 4.79 Å². The monoisotopic (exact) mass is 336 g/mol. The molecule has 104 valence electrons. The summed E-state index contributed by atoms with van der Waals surface area (Å²) in [6, 6.07) is 11.7. The van der Waals surface area contributed by atoms with Crippen LogP contribution in [0, 0.1) is 12.7 Å². The SMILES string of the molecule is Cc1ccccc1C(Cc1ccc(F)cc1Br)C(=O)O. The number of carboxylic acid groups (broad SMARTS) is 1. The van der Waals surface area contributed by atoms with Gasteiger partial charge < -0.3 is 5.11 Å². The second-order valence-corrected chi connectivity index (χ2v) is 5.54. The Bertz CT molecular complexity index is 640. The molecule has 2 aromatic rings. The van der Waals surface area contributed by atoms with E-state index in [2.05, 4.69) is 15.9 Å². The van der Waals surface area contributed by atoms with Gasteiger partial charge in [-0.25, -0.2) is 4.39 Å². The number of carboxylic acids is 1. The van der Waals surface area contributed by atoms with Gasteiger partial charge in [-0.15, -0.1) is 0 Å². The van der Waals surface area contributed by atoms with Gasteiger partial charge in [0.2, 0.25) is 0 Å². The summed E-state index contributed by atoms with van der Waals surface area (Å²) in [6.45, 7) is 1.89. The van der Waals surface area contributed by atoms with E-state index >= 15 is 0 Å². The van der Waals surface area contributed by atoms with E-state index in [0.29, 0.717) is 10.9 Å². The summed E-state index contributed by atoms with van der Waals surface area (Å²) in [6.07, 6.45) is 0.320. The van der Waals surface area contributed by atoms with Crippen LogP contribution in [0.2, 0.25) is 0 Å². The van der Waals surface area contributed by atoms with Gasteiger partial charge >= 0.3 is 5.97 Å². The zero-order valence-electron chi connectivity index (χ0n) is 10.9. The molecule has 0 radical (unpaired) electrons. The lowest BCUT2D eigenvalue weighted by Gasteiger charge is -2.16. The summed E-state index contributed by atoms with van der Waals surface area (Å²) in [5, 5.41) is 9.47. The first-order chi connectivity index (χ1) is 9.49. The van der Waals surface area contributed by atoms with Crippen LogP contribution in [0.1, 0.15) is 22.6 Å². The zero-order valence-corrected chi connectivity index (χ0v) is 12.5. The number of hydrogen-bond acceptors (Lipinski definition) is 1. The third-order valence-electron chi connectivity index (χ3n) is 3.30. The zero-order chi connectivity index (χ0) is 14.7. The number of carbonyl (C=O) groups is 1. The van der Waals surface area contributed by atoms with Gasteiger partial charge in [0, 0.05) is 4.47 Å².